The van der Waals surface area contributed by atoms with E-state index < -0.39 is 0 Å². The second-order valence-electron chi connectivity index (χ2n) is 9.68. The maximum Gasteiger partial charge on any atom is 0.0201 e. The average Bonchev–Trinajstić information content (AvgIpc) is 2.62. The van der Waals surface area contributed by atoms with Gasteiger partial charge in [-0.25, -0.2) is 0 Å². The summed E-state index contributed by atoms with van der Waals surface area (Å²) in [6.07, 6.45) is 23.9. The van der Waals surface area contributed by atoms with Crippen molar-refractivity contribution in [1.29, 1.82) is 0 Å². The summed E-state index contributed by atoms with van der Waals surface area (Å²) in [5.74, 6) is 0. The SMILES string of the molecule is CCCCCC1(CCCCC)CC(N)CC(CCCCC)(CCCCC)N1. The van der Waals surface area contributed by atoms with Gasteiger partial charge in [-0.2, -0.15) is 0 Å². The van der Waals surface area contributed by atoms with E-state index in [9.17, 15) is 0 Å². The van der Waals surface area contributed by atoms with E-state index in [1.807, 2.05) is 0 Å². The number of nitrogens with two attached hydrogens (primary N) is 1. The number of nitrogens with one attached hydrogen (secondary N) is 1. The molecule has 3 N–H and O–H groups in total. The van der Waals surface area contributed by atoms with Crippen LogP contribution >= 0.6 is 0 Å². The summed E-state index contributed by atoms with van der Waals surface area (Å²) >= 11 is 0. The average molecular weight is 381 g/mol. The van der Waals surface area contributed by atoms with Crippen LogP contribution in [0, 0.1) is 0 Å². The van der Waals surface area contributed by atoms with Crippen LogP contribution in [-0.4, -0.2) is 17.1 Å². The van der Waals surface area contributed by atoms with Crippen LogP contribution in [0.5, 0.6) is 0 Å². The number of unbranched alkanes of at least 4 members (excludes halogenated alkanes) is 8. The van der Waals surface area contributed by atoms with E-state index in [-0.39, 0.29) is 0 Å². The standard InChI is InChI=1S/C25H52N2/c1-5-9-13-17-24(18-14-10-6-2)21-23(26)22-25(27-24,19-15-11-7-3)20-16-12-8-4/h23,27H,5-22,26H2,1-4H3. The van der Waals surface area contributed by atoms with Crippen LogP contribution in [0.1, 0.15) is 143 Å². The summed E-state index contributed by atoms with van der Waals surface area (Å²) in [6, 6.07) is 0.387. The minimum atomic E-state index is 0.306. The fourth-order valence-corrected chi connectivity index (χ4v) is 5.50. The van der Waals surface area contributed by atoms with Gasteiger partial charge in [0, 0.05) is 17.1 Å². The van der Waals surface area contributed by atoms with E-state index in [2.05, 4.69) is 33.0 Å². The molecule has 2 nitrogen and oxygen atoms in total. The molecule has 27 heavy (non-hydrogen) atoms. The van der Waals surface area contributed by atoms with Crippen LogP contribution < -0.4 is 11.1 Å². The smallest absolute Gasteiger partial charge is 0.0201 e. The highest BCUT2D eigenvalue weighted by atomic mass is 15.1. The topological polar surface area (TPSA) is 38.0 Å². The first-order valence-corrected chi connectivity index (χ1v) is 12.6. The molecule has 0 spiro atoms. The molecule has 0 aromatic rings. The van der Waals surface area contributed by atoms with Crippen molar-refractivity contribution in [2.24, 2.45) is 5.73 Å². The quantitative estimate of drug-likeness (QED) is 0.272. The van der Waals surface area contributed by atoms with E-state index in [1.54, 1.807) is 0 Å². The first kappa shape index (κ1) is 25.0. The van der Waals surface area contributed by atoms with Crippen molar-refractivity contribution < 1.29 is 0 Å². The molecular formula is C25H52N2. The van der Waals surface area contributed by atoms with E-state index >= 15 is 0 Å². The summed E-state index contributed by atoms with van der Waals surface area (Å²) in [6.45, 7) is 9.29. The molecule has 1 aliphatic heterocycles. The zero-order valence-corrected chi connectivity index (χ0v) is 19.4. The number of piperidine rings is 1. The molecule has 162 valence electrons. The van der Waals surface area contributed by atoms with E-state index in [4.69, 9.17) is 5.73 Å². The maximum atomic E-state index is 6.76. The van der Waals surface area contributed by atoms with E-state index in [0.29, 0.717) is 17.1 Å². The lowest BCUT2D eigenvalue weighted by atomic mass is 9.69. The Hall–Kier alpha value is -0.0800. The van der Waals surface area contributed by atoms with Crippen molar-refractivity contribution in [3.8, 4) is 0 Å². The molecule has 0 aromatic carbocycles. The van der Waals surface area contributed by atoms with E-state index in [0.717, 1.165) is 0 Å². The Morgan fingerprint density at radius 2 is 0.889 bits per heavy atom. The van der Waals surface area contributed by atoms with Crippen LogP contribution in [0.25, 0.3) is 0 Å². The number of rotatable bonds is 16. The molecule has 1 aliphatic rings. The molecule has 1 saturated heterocycles. The molecule has 0 atom stereocenters. The maximum absolute atomic E-state index is 6.76. The molecule has 0 saturated carbocycles. The molecule has 0 radical (unpaired) electrons. The van der Waals surface area contributed by atoms with Crippen molar-refractivity contribution in [2.45, 2.75) is 160 Å². The van der Waals surface area contributed by atoms with Gasteiger partial charge in [0.05, 0.1) is 0 Å². The van der Waals surface area contributed by atoms with Gasteiger partial charge in [-0.15, -0.1) is 0 Å². The highest BCUT2D eigenvalue weighted by molar-refractivity contribution is 5.06. The first-order chi connectivity index (χ1) is 13.1. The Bertz CT molecular complexity index is 300. The van der Waals surface area contributed by atoms with Crippen molar-refractivity contribution in [3.05, 3.63) is 0 Å². The lowest BCUT2D eigenvalue weighted by molar-refractivity contribution is 0.0747. The molecule has 1 rings (SSSR count). The predicted molar refractivity (Wildman–Crippen MR) is 122 cm³/mol. The zero-order chi connectivity index (χ0) is 20.0. The second-order valence-corrected chi connectivity index (χ2v) is 9.68. The first-order valence-electron chi connectivity index (χ1n) is 12.6. The molecule has 0 amide bonds. The lowest BCUT2D eigenvalue weighted by Gasteiger charge is -2.53. The molecule has 0 aliphatic carbocycles. The van der Waals surface area contributed by atoms with E-state index in [1.165, 1.54) is 116 Å². The Morgan fingerprint density at radius 3 is 1.15 bits per heavy atom. The fraction of sp³-hybridized carbons (Fsp3) is 1.00. The van der Waals surface area contributed by atoms with Gasteiger partial charge in [0.1, 0.15) is 0 Å². The Balaban J connectivity index is 2.93. The number of hydrogen-bond acceptors (Lipinski definition) is 2. The van der Waals surface area contributed by atoms with Gasteiger partial charge in [-0.3, -0.25) is 0 Å². The Morgan fingerprint density at radius 1 is 0.593 bits per heavy atom. The molecule has 2 heteroatoms. The summed E-state index contributed by atoms with van der Waals surface area (Å²) < 4.78 is 0. The van der Waals surface area contributed by atoms with Gasteiger partial charge in [0.25, 0.3) is 0 Å². The highest BCUT2D eigenvalue weighted by Gasteiger charge is 2.45. The van der Waals surface area contributed by atoms with Crippen molar-refractivity contribution >= 4 is 0 Å². The van der Waals surface area contributed by atoms with Crippen LogP contribution in [0.2, 0.25) is 0 Å². The summed E-state index contributed by atoms with van der Waals surface area (Å²) in [5.41, 5.74) is 7.37. The normalized spacial score (nSPS) is 19.4. The summed E-state index contributed by atoms with van der Waals surface area (Å²) in [4.78, 5) is 0. The Kier molecular flexibility index (Phi) is 12.9. The number of hydrogen-bond donors (Lipinski definition) is 2. The third-order valence-corrected chi connectivity index (χ3v) is 6.87. The van der Waals surface area contributed by atoms with Crippen molar-refractivity contribution in [2.75, 3.05) is 0 Å². The van der Waals surface area contributed by atoms with Gasteiger partial charge < -0.3 is 11.1 Å². The monoisotopic (exact) mass is 380 g/mol. The van der Waals surface area contributed by atoms with Crippen molar-refractivity contribution in [1.82, 2.24) is 5.32 Å². The molecule has 1 heterocycles. The second kappa shape index (κ2) is 14.0. The molecular weight excluding hydrogens is 328 g/mol. The molecule has 1 fully saturated rings. The molecule has 0 bridgehead atoms. The van der Waals surface area contributed by atoms with Crippen LogP contribution in [0.15, 0.2) is 0 Å². The van der Waals surface area contributed by atoms with Crippen LogP contribution in [0.3, 0.4) is 0 Å². The minimum absolute atomic E-state index is 0.306. The zero-order valence-electron chi connectivity index (χ0n) is 19.4. The minimum Gasteiger partial charge on any atom is -0.328 e. The summed E-state index contributed by atoms with van der Waals surface area (Å²) in [5, 5.41) is 4.37. The molecule has 0 aromatic heterocycles. The third-order valence-electron chi connectivity index (χ3n) is 6.87. The van der Waals surface area contributed by atoms with Crippen molar-refractivity contribution in [3.63, 3.8) is 0 Å². The predicted octanol–water partition coefficient (Wildman–Crippen LogP) is 7.50. The molecule has 0 unspecified atom stereocenters. The Labute approximate surface area is 171 Å². The van der Waals surface area contributed by atoms with Gasteiger partial charge >= 0.3 is 0 Å². The summed E-state index contributed by atoms with van der Waals surface area (Å²) in [7, 11) is 0. The van der Waals surface area contributed by atoms with Gasteiger partial charge in [-0.1, -0.05) is 105 Å². The van der Waals surface area contributed by atoms with Crippen LogP contribution in [-0.2, 0) is 0 Å². The third kappa shape index (κ3) is 9.31. The largest absolute Gasteiger partial charge is 0.328 e. The highest BCUT2D eigenvalue weighted by Crippen LogP contribution is 2.40. The fourth-order valence-electron chi connectivity index (χ4n) is 5.50. The van der Waals surface area contributed by atoms with Gasteiger partial charge in [0.2, 0.25) is 0 Å². The lowest BCUT2D eigenvalue weighted by Crippen LogP contribution is -2.65. The van der Waals surface area contributed by atoms with Gasteiger partial charge in [0.15, 0.2) is 0 Å². The van der Waals surface area contributed by atoms with Crippen LogP contribution in [0.4, 0.5) is 0 Å². The van der Waals surface area contributed by atoms with Gasteiger partial charge in [-0.05, 0) is 38.5 Å².